The summed E-state index contributed by atoms with van der Waals surface area (Å²) in [7, 11) is 0. The molecule has 0 fully saturated rings. The molecule has 2 aromatic heterocycles. The van der Waals surface area contributed by atoms with Gasteiger partial charge in [0, 0.05) is 36.5 Å². The molecule has 1 atom stereocenters. The number of hydrogen-bond acceptors (Lipinski definition) is 6. The summed E-state index contributed by atoms with van der Waals surface area (Å²) < 4.78 is 5.20. The van der Waals surface area contributed by atoms with E-state index in [1.54, 1.807) is 24.5 Å². The maximum absolute atomic E-state index is 12.2. The molecule has 0 aliphatic carbocycles. The van der Waals surface area contributed by atoms with Gasteiger partial charge in [-0.1, -0.05) is 23.4 Å². The molecule has 136 valence electrons. The number of carbonyl (C=O) groups excluding carboxylic acids is 2. The largest absolute Gasteiger partial charge is 0.356 e. The van der Waals surface area contributed by atoms with Crippen molar-refractivity contribution in [2.45, 2.75) is 18.9 Å². The molecule has 0 spiro atoms. The van der Waals surface area contributed by atoms with E-state index >= 15 is 0 Å². The highest BCUT2D eigenvalue weighted by Gasteiger charge is 2.29. The minimum absolute atomic E-state index is 0.141. The highest BCUT2D eigenvalue weighted by Crippen LogP contribution is 2.27. The van der Waals surface area contributed by atoms with Gasteiger partial charge in [0.15, 0.2) is 0 Å². The first kappa shape index (κ1) is 16.9. The summed E-state index contributed by atoms with van der Waals surface area (Å²) in [4.78, 5) is 32.4. The summed E-state index contributed by atoms with van der Waals surface area (Å²) in [6.45, 7) is 0.371. The van der Waals surface area contributed by atoms with Gasteiger partial charge < -0.3 is 15.2 Å². The van der Waals surface area contributed by atoms with Crippen LogP contribution in [0.25, 0.3) is 11.4 Å². The van der Waals surface area contributed by atoms with E-state index in [2.05, 4.69) is 25.8 Å². The van der Waals surface area contributed by atoms with Crippen LogP contribution in [0.4, 0.5) is 0 Å². The van der Waals surface area contributed by atoms with E-state index in [9.17, 15) is 9.59 Å². The van der Waals surface area contributed by atoms with Crippen molar-refractivity contribution < 1.29 is 14.1 Å². The second-order valence-corrected chi connectivity index (χ2v) is 6.17. The first-order chi connectivity index (χ1) is 13.2. The average Bonchev–Trinajstić information content (AvgIpc) is 3.28. The van der Waals surface area contributed by atoms with Crippen LogP contribution in [0.15, 0.2) is 53.3 Å². The van der Waals surface area contributed by atoms with Crippen LogP contribution < -0.4 is 10.6 Å². The van der Waals surface area contributed by atoms with Crippen molar-refractivity contribution in [3.05, 3.63) is 65.8 Å². The molecule has 2 N–H and O–H groups in total. The van der Waals surface area contributed by atoms with Gasteiger partial charge in [0.05, 0.1) is 12.5 Å². The summed E-state index contributed by atoms with van der Waals surface area (Å²) in [5, 5.41) is 9.57. The lowest BCUT2D eigenvalue weighted by atomic mass is 10.0. The number of aromatic nitrogens is 3. The third kappa shape index (κ3) is 3.69. The van der Waals surface area contributed by atoms with Gasteiger partial charge in [-0.3, -0.25) is 14.6 Å². The summed E-state index contributed by atoms with van der Waals surface area (Å²) in [5.74, 6) is 0.615. The van der Waals surface area contributed by atoms with Crippen LogP contribution in [0.3, 0.4) is 0 Å². The predicted octanol–water partition coefficient (Wildman–Crippen LogP) is 1.67. The summed E-state index contributed by atoms with van der Waals surface area (Å²) in [5.41, 5.74) is 2.26. The van der Waals surface area contributed by atoms with Gasteiger partial charge in [0.2, 0.25) is 17.6 Å². The Morgan fingerprint density at radius 3 is 2.96 bits per heavy atom. The van der Waals surface area contributed by atoms with Crippen molar-refractivity contribution >= 4 is 11.8 Å². The Morgan fingerprint density at radius 1 is 1.22 bits per heavy atom. The molecule has 2 amide bonds. The van der Waals surface area contributed by atoms with E-state index in [0.717, 1.165) is 11.1 Å². The van der Waals surface area contributed by atoms with Crippen LogP contribution in [0.2, 0.25) is 0 Å². The topological polar surface area (TPSA) is 110 Å². The zero-order chi connectivity index (χ0) is 18.6. The summed E-state index contributed by atoms with van der Waals surface area (Å²) in [6, 6.07) is 10.6. The number of hydrogen-bond donors (Lipinski definition) is 2. The molecule has 0 bridgehead atoms. The lowest BCUT2D eigenvalue weighted by Gasteiger charge is -2.11. The van der Waals surface area contributed by atoms with Crippen molar-refractivity contribution in [3.63, 3.8) is 0 Å². The van der Waals surface area contributed by atoms with Crippen molar-refractivity contribution in [1.29, 1.82) is 0 Å². The van der Waals surface area contributed by atoms with Crippen LogP contribution in [-0.2, 0) is 11.2 Å². The molecule has 1 aliphatic rings. The lowest BCUT2D eigenvalue weighted by Crippen LogP contribution is -2.30. The minimum Gasteiger partial charge on any atom is -0.356 e. The maximum Gasteiger partial charge on any atom is 0.252 e. The van der Waals surface area contributed by atoms with Crippen molar-refractivity contribution in [3.8, 4) is 11.4 Å². The van der Waals surface area contributed by atoms with Crippen LogP contribution in [0.5, 0.6) is 0 Å². The first-order valence-electron chi connectivity index (χ1n) is 8.60. The van der Waals surface area contributed by atoms with E-state index in [1.807, 2.05) is 24.3 Å². The normalized spacial score (nSPS) is 15.3. The van der Waals surface area contributed by atoms with Gasteiger partial charge in [-0.2, -0.15) is 4.98 Å². The molecule has 1 aliphatic heterocycles. The molecule has 8 heteroatoms. The van der Waals surface area contributed by atoms with Crippen LogP contribution >= 0.6 is 0 Å². The lowest BCUT2D eigenvalue weighted by molar-refractivity contribution is -0.121. The Morgan fingerprint density at radius 2 is 2.11 bits per heavy atom. The molecule has 0 saturated carbocycles. The molecule has 4 rings (SSSR count). The Labute approximate surface area is 155 Å². The standard InChI is InChI=1S/C19H17N5O3/c25-16(10-15-13-5-1-2-6-14(13)19(26)22-15)21-9-7-17-23-18(24-27-17)12-4-3-8-20-11-12/h1-6,8,11,15H,7,9-10H2,(H,21,25)(H,22,26)/t15-/m0/s1. The second kappa shape index (κ2) is 7.36. The third-order valence-corrected chi connectivity index (χ3v) is 4.32. The SMILES string of the molecule is O=C(C[C@@H]1NC(=O)c2ccccc21)NCCc1nc(-c2cccnc2)no1. The highest BCUT2D eigenvalue weighted by molar-refractivity contribution is 5.99. The number of nitrogens with zero attached hydrogens (tertiary/aromatic N) is 3. The Balaban J connectivity index is 1.28. The van der Waals surface area contributed by atoms with E-state index < -0.39 is 0 Å². The molecule has 3 aromatic rings. The monoisotopic (exact) mass is 363 g/mol. The molecule has 1 aromatic carbocycles. The van der Waals surface area contributed by atoms with Crippen molar-refractivity contribution in [2.24, 2.45) is 0 Å². The average molecular weight is 363 g/mol. The Hall–Kier alpha value is -3.55. The second-order valence-electron chi connectivity index (χ2n) is 6.17. The molecule has 0 unspecified atom stereocenters. The summed E-state index contributed by atoms with van der Waals surface area (Å²) >= 11 is 0. The van der Waals surface area contributed by atoms with Crippen LogP contribution in [0, 0.1) is 0 Å². The molecular weight excluding hydrogens is 346 g/mol. The predicted molar refractivity (Wildman–Crippen MR) is 95.5 cm³/mol. The smallest absolute Gasteiger partial charge is 0.252 e. The molecule has 0 saturated heterocycles. The quantitative estimate of drug-likeness (QED) is 0.689. The molecule has 8 nitrogen and oxygen atoms in total. The first-order valence-corrected chi connectivity index (χ1v) is 8.60. The zero-order valence-electron chi connectivity index (χ0n) is 14.4. The number of carbonyl (C=O) groups is 2. The number of fused-ring (bicyclic) bond motifs is 1. The van der Waals surface area contributed by atoms with E-state index in [0.29, 0.717) is 30.2 Å². The number of benzene rings is 1. The molecular formula is C19H17N5O3. The third-order valence-electron chi connectivity index (χ3n) is 4.32. The zero-order valence-corrected chi connectivity index (χ0v) is 14.4. The fraction of sp³-hybridized carbons (Fsp3) is 0.211. The molecule has 3 heterocycles. The van der Waals surface area contributed by atoms with Gasteiger partial charge in [0.1, 0.15) is 0 Å². The van der Waals surface area contributed by atoms with E-state index in [-0.39, 0.29) is 24.3 Å². The fourth-order valence-electron chi connectivity index (χ4n) is 3.02. The molecule has 0 radical (unpaired) electrons. The van der Waals surface area contributed by atoms with Crippen molar-refractivity contribution in [1.82, 2.24) is 25.8 Å². The molecule has 27 heavy (non-hydrogen) atoms. The van der Waals surface area contributed by atoms with Gasteiger partial charge >= 0.3 is 0 Å². The summed E-state index contributed by atoms with van der Waals surface area (Å²) in [6.07, 6.45) is 3.94. The number of nitrogens with one attached hydrogen (secondary N) is 2. The number of pyridine rings is 1. The number of rotatable bonds is 6. The van der Waals surface area contributed by atoms with Gasteiger partial charge in [-0.05, 0) is 23.8 Å². The van der Waals surface area contributed by atoms with E-state index in [1.165, 1.54) is 0 Å². The maximum atomic E-state index is 12.2. The van der Waals surface area contributed by atoms with E-state index in [4.69, 9.17) is 4.52 Å². The Kier molecular flexibility index (Phi) is 4.61. The van der Waals surface area contributed by atoms with Crippen molar-refractivity contribution in [2.75, 3.05) is 6.54 Å². The van der Waals surface area contributed by atoms with Gasteiger partial charge in [-0.25, -0.2) is 0 Å². The van der Waals surface area contributed by atoms with Gasteiger partial charge in [0.25, 0.3) is 5.91 Å². The fourth-order valence-corrected chi connectivity index (χ4v) is 3.02. The number of amides is 2. The highest BCUT2D eigenvalue weighted by atomic mass is 16.5. The van der Waals surface area contributed by atoms with Crippen LogP contribution in [-0.4, -0.2) is 33.5 Å². The van der Waals surface area contributed by atoms with Gasteiger partial charge in [-0.15, -0.1) is 0 Å². The Bertz CT molecular complexity index is 970. The van der Waals surface area contributed by atoms with Crippen LogP contribution in [0.1, 0.15) is 34.3 Å². The minimum atomic E-state index is -0.297.